The van der Waals surface area contributed by atoms with Gasteiger partial charge in [0.1, 0.15) is 0 Å². The molecule has 0 unspecified atom stereocenters. The zero-order valence-corrected chi connectivity index (χ0v) is 14.7. The van der Waals surface area contributed by atoms with E-state index in [1.807, 2.05) is 43.5 Å². The van der Waals surface area contributed by atoms with Gasteiger partial charge in [-0.3, -0.25) is 9.69 Å². The molecule has 3 rings (SSSR count). The van der Waals surface area contributed by atoms with Crippen LogP contribution in [0.3, 0.4) is 0 Å². The van der Waals surface area contributed by atoms with Crippen molar-refractivity contribution < 1.29 is 4.79 Å². The molecule has 23 heavy (non-hydrogen) atoms. The fourth-order valence-electron chi connectivity index (χ4n) is 2.12. The summed E-state index contributed by atoms with van der Waals surface area (Å²) in [6, 6.07) is 7.51. The topological polar surface area (TPSA) is 71.6 Å². The van der Waals surface area contributed by atoms with Gasteiger partial charge in [0.05, 0.1) is 10.6 Å². The molecule has 1 fully saturated rings. The molecule has 1 aromatic heterocycles. The van der Waals surface area contributed by atoms with Crippen molar-refractivity contribution in [2.75, 3.05) is 12.8 Å². The number of hydrogen-bond donors (Lipinski definition) is 1. The first-order valence-electron chi connectivity index (χ1n) is 6.99. The quantitative estimate of drug-likeness (QED) is 0.667. The Morgan fingerprint density at radius 2 is 2.00 bits per heavy atom. The number of thiazole rings is 1. The standard InChI is InChI=1S/C16H16N4OS2/c1-9-8-22-15(18-9)19-16-20(3)14(21)13(23-16)10(2)11-4-6-12(17)7-5-11/h4-8H,17H2,1-3H3/b13-10-,19-16+. The number of hydrogen-bond acceptors (Lipinski definition) is 6. The lowest BCUT2D eigenvalue weighted by molar-refractivity contribution is -0.121. The molecule has 2 heterocycles. The van der Waals surface area contributed by atoms with Gasteiger partial charge in [0, 0.05) is 18.1 Å². The maximum atomic E-state index is 12.5. The Morgan fingerprint density at radius 1 is 1.30 bits per heavy atom. The summed E-state index contributed by atoms with van der Waals surface area (Å²) in [5.41, 5.74) is 9.26. The number of benzene rings is 1. The number of aromatic nitrogens is 1. The highest BCUT2D eigenvalue weighted by Crippen LogP contribution is 2.37. The Kier molecular flexibility index (Phi) is 4.23. The SMILES string of the molecule is C/C(=C1/S/C(=N/c2nc(C)cs2)N(C)C1=O)c1ccc(N)cc1. The van der Waals surface area contributed by atoms with Crippen molar-refractivity contribution in [3.8, 4) is 0 Å². The van der Waals surface area contributed by atoms with Crippen molar-refractivity contribution in [2.24, 2.45) is 4.99 Å². The molecule has 7 heteroatoms. The van der Waals surface area contributed by atoms with Crippen molar-refractivity contribution >= 4 is 50.6 Å². The fraction of sp³-hybridized carbons (Fsp3) is 0.188. The molecule has 5 nitrogen and oxygen atoms in total. The molecule has 1 saturated heterocycles. The summed E-state index contributed by atoms with van der Waals surface area (Å²) in [5, 5.41) is 3.25. The number of aliphatic imine (C=N–C) groups is 1. The number of nitrogens with two attached hydrogens (primary N) is 1. The first-order chi connectivity index (χ1) is 11.0. The largest absolute Gasteiger partial charge is 0.399 e. The van der Waals surface area contributed by atoms with Crippen molar-refractivity contribution in [3.05, 3.63) is 45.8 Å². The number of amidine groups is 1. The smallest absolute Gasteiger partial charge is 0.266 e. The molecule has 0 radical (unpaired) electrons. The van der Waals surface area contributed by atoms with Gasteiger partial charge < -0.3 is 5.73 Å². The maximum absolute atomic E-state index is 12.5. The van der Waals surface area contributed by atoms with Crippen LogP contribution in [-0.2, 0) is 4.79 Å². The summed E-state index contributed by atoms with van der Waals surface area (Å²) in [4.78, 5) is 23.6. The molecule has 0 aliphatic carbocycles. The Hall–Kier alpha value is -2.12. The summed E-state index contributed by atoms with van der Waals surface area (Å²) in [7, 11) is 1.73. The lowest BCUT2D eigenvalue weighted by Crippen LogP contribution is -2.23. The van der Waals surface area contributed by atoms with Gasteiger partial charge in [0.25, 0.3) is 5.91 Å². The minimum absolute atomic E-state index is 0.0450. The van der Waals surface area contributed by atoms with Crippen LogP contribution in [0, 0.1) is 6.92 Å². The number of carbonyl (C=O) groups is 1. The molecule has 2 N–H and O–H groups in total. The van der Waals surface area contributed by atoms with Crippen molar-refractivity contribution in [1.29, 1.82) is 0 Å². The lowest BCUT2D eigenvalue weighted by Gasteiger charge is -2.07. The van der Waals surface area contributed by atoms with E-state index in [-0.39, 0.29) is 5.91 Å². The second kappa shape index (κ2) is 6.17. The van der Waals surface area contributed by atoms with Crippen LogP contribution in [-0.4, -0.2) is 28.0 Å². The number of aryl methyl sites for hydroxylation is 1. The number of anilines is 1. The van der Waals surface area contributed by atoms with Crippen LogP contribution in [0.15, 0.2) is 39.5 Å². The first-order valence-corrected chi connectivity index (χ1v) is 8.69. The second-order valence-electron chi connectivity index (χ2n) is 5.21. The zero-order chi connectivity index (χ0) is 16.6. The summed E-state index contributed by atoms with van der Waals surface area (Å²) in [5.74, 6) is -0.0450. The summed E-state index contributed by atoms with van der Waals surface area (Å²) < 4.78 is 0. The van der Waals surface area contributed by atoms with E-state index in [0.717, 1.165) is 16.8 Å². The van der Waals surface area contributed by atoms with Gasteiger partial charge in [-0.15, -0.1) is 11.3 Å². The van der Waals surface area contributed by atoms with E-state index >= 15 is 0 Å². The number of nitrogens with zero attached hydrogens (tertiary/aromatic N) is 3. The lowest BCUT2D eigenvalue weighted by atomic mass is 10.1. The van der Waals surface area contributed by atoms with Crippen LogP contribution < -0.4 is 5.73 Å². The number of rotatable bonds is 2. The Bertz CT molecular complexity index is 821. The van der Waals surface area contributed by atoms with Crippen LogP contribution in [0.2, 0.25) is 0 Å². The highest BCUT2D eigenvalue weighted by Gasteiger charge is 2.32. The normalized spacial score (nSPS) is 18.8. The predicted molar refractivity (Wildman–Crippen MR) is 97.8 cm³/mol. The minimum Gasteiger partial charge on any atom is -0.399 e. The third-order valence-corrected chi connectivity index (χ3v) is 5.55. The third-order valence-electron chi connectivity index (χ3n) is 3.46. The number of amides is 1. The molecule has 118 valence electrons. The summed E-state index contributed by atoms with van der Waals surface area (Å²) in [6.07, 6.45) is 0. The summed E-state index contributed by atoms with van der Waals surface area (Å²) >= 11 is 2.85. The first kappa shape index (κ1) is 15.8. The molecular weight excluding hydrogens is 328 g/mol. The predicted octanol–water partition coefficient (Wildman–Crippen LogP) is 3.66. The highest BCUT2D eigenvalue weighted by atomic mass is 32.2. The monoisotopic (exact) mass is 344 g/mol. The van der Waals surface area contributed by atoms with Gasteiger partial charge in [-0.1, -0.05) is 12.1 Å². The van der Waals surface area contributed by atoms with Gasteiger partial charge in [0.15, 0.2) is 5.17 Å². The Labute approximate surface area is 142 Å². The number of carbonyl (C=O) groups excluding carboxylic acids is 1. The van der Waals surface area contributed by atoms with Gasteiger partial charge in [-0.2, -0.15) is 4.99 Å². The number of likely N-dealkylation sites (N-methyl/N-ethyl adjacent to an activating group) is 1. The van der Waals surface area contributed by atoms with E-state index in [9.17, 15) is 4.79 Å². The van der Waals surface area contributed by atoms with Gasteiger partial charge >= 0.3 is 0 Å². The molecule has 1 aromatic carbocycles. The van der Waals surface area contributed by atoms with E-state index < -0.39 is 0 Å². The van der Waals surface area contributed by atoms with E-state index in [1.54, 1.807) is 11.9 Å². The molecule has 1 aliphatic rings. The van der Waals surface area contributed by atoms with Gasteiger partial charge in [-0.05, 0) is 48.9 Å². The minimum atomic E-state index is -0.0450. The van der Waals surface area contributed by atoms with E-state index in [1.165, 1.54) is 23.1 Å². The van der Waals surface area contributed by atoms with E-state index in [0.29, 0.717) is 20.9 Å². The molecule has 0 spiro atoms. The number of nitrogen functional groups attached to an aromatic ring is 1. The average molecular weight is 344 g/mol. The third kappa shape index (κ3) is 3.16. The van der Waals surface area contributed by atoms with Gasteiger partial charge in [-0.25, -0.2) is 4.98 Å². The zero-order valence-electron chi connectivity index (χ0n) is 13.0. The van der Waals surface area contributed by atoms with Gasteiger partial charge in [0.2, 0.25) is 5.13 Å². The highest BCUT2D eigenvalue weighted by molar-refractivity contribution is 8.18. The van der Waals surface area contributed by atoms with Crippen molar-refractivity contribution in [1.82, 2.24) is 9.88 Å². The average Bonchev–Trinajstić information content (AvgIpc) is 3.06. The Balaban J connectivity index is 1.95. The van der Waals surface area contributed by atoms with Crippen LogP contribution in [0.25, 0.3) is 5.57 Å². The summed E-state index contributed by atoms with van der Waals surface area (Å²) in [6.45, 7) is 3.86. The molecule has 1 amide bonds. The van der Waals surface area contributed by atoms with Crippen LogP contribution in [0.1, 0.15) is 18.2 Å². The molecule has 0 atom stereocenters. The van der Waals surface area contributed by atoms with Crippen LogP contribution >= 0.6 is 23.1 Å². The number of thioether (sulfide) groups is 1. The van der Waals surface area contributed by atoms with Crippen molar-refractivity contribution in [3.63, 3.8) is 0 Å². The number of allylic oxidation sites excluding steroid dienone is 1. The van der Waals surface area contributed by atoms with Crippen LogP contribution in [0.5, 0.6) is 0 Å². The molecule has 1 aliphatic heterocycles. The fourth-order valence-corrected chi connectivity index (χ4v) is 3.87. The maximum Gasteiger partial charge on any atom is 0.266 e. The molecule has 2 aromatic rings. The van der Waals surface area contributed by atoms with E-state index in [2.05, 4.69) is 9.98 Å². The molecule has 0 saturated carbocycles. The molecular formula is C16H16N4OS2. The Morgan fingerprint density at radius 3 is 2.61 bits per heavy atom. The van der Waals surface area contributed by atoms with Crippen molar-refractivity contribution in [2.45, 2.75) is 13.8 Å². The second-order valence-corrected chi connectivity index (χ2v) is 7.02. The van der Waals surface area contributed by atoms with Crippen LogP contribution in [0.4, 0.5) is 10.8 Å². The molecule has 0 bridgehead atoms. The van der Waals surface area contributed by atoms with E-state index in [4.69, 9.17) is 5.73 Å².